The van der Waals surface area contributed by atoms with Gasteiger partial charge in [-0.2, -0.15) is 0 Å². The van der Waals surface area contributed by atoms with Gasteiger partial charge in [-0.05, 0) is 36.6 Å². The largest absolute Gasteiger partial charge is 0.478 e. The van der Waals surface area contributed by atoms with Gasteiger partial charge in [-0.1, -0.05) is 53.6 Å². The van der Waals surface area contributed by atoms with Crippen LogP contribution in [0.5, 0.6) is 0 Å². The van der Waals surface area contributed by atoms with E-state index in [0.717, 1.165) is 11.1 Å². The molecule has 4 nitrogen and oxygen atoms in total. The lowest BCUT2D eigenvalue weighted by Crippen LogP contribution is -2.14. The number of nitrogens with one attached hydrogen (secondary N) is 1. The molecule has 0 saturated carbocycles. The third-order valence-electron chi connectivity index (χ3n) is 4.15. The number of anilines is 1. The van der Waals surface area contributed by atoms with E-state index >= 15 is 0 Å². The van der Waals surface area contributed by atoms with Crippen LogP contribution in [0.4, 0.5) is 5.69 Å². The van der Waals surface area contributed by atoms with Crippen molar-refractivity contribution >= 4 is 40.5 Å². The highest BCUT2D eigenvalue weighted by Gasteiger charge is 2.21. The van der Waals surface area contributed by atoms with Gasteiger partial charge in [-0.15, -0.1) is 11.3 Å². The molecule has 2 aromatic carbocycles. The van der Waals surface area contributed by atoms with Crippen LogP contribution >= 0.6 is 22.9 Å². The van der Waals surface area contributed by atoms with Crippen molar-refractivity contribution in [1.29, 1.82) is 0 Å². The number of benzene rings is 2. The van der Waals surface area contributed by atoms with Gasteiger partial charge < -0.3 is 10.4 Å². The van der Waals surface area contributed by atoms with Crippen molar-refractivity contribution in [2.75, 3.05) is 5.32 Å². The summed E-state index contributed by atoms with van der Waals surface area (Å²) in [7, 11) is 0. The smallest absolute Gasteiger partial charge is 0.339 e. The Kier molecular flexibility index (Phi) is 5.94. The van der Waals surface area contributed by atoms with Crippen molar-refractivity contribution < 1.29 is 14.7 Å². The maximum absolute atomic E-state index is 12.3. The summed E-state index contributed by atoms with van der Waals surface area (Å²) in [5, 5.41) is 14.6. The number of rotatable bonds is 6. The van der Waals surface area contributed by atoms with E-state index in [0.29, 0.717) is 22.0 Å². The van der Waals surface area contributed by atoms with Gasteiger partial charge in [0.25, 0.3) is 0 Å². The minimum atomic E-state index is -1.07. The Hall–Kier alpha value is -2.63. The number of thiophene rings is 1. The molecule has 0 unspecified atom stereocenters. The monoisotopic (exact) mass is 399 g/mol. The number of carbonyl (C=O) groups excluding carboxylic acids is 1. The van der Waals surface area contributed by atoms with E-state index in [2.05, 4.69) is 5.32 Å². The lowest BCUT2D eigenvalue weighted by molar-refractivity contribution is -0.116. The molecule has 0 fully saturated rings. The van der Waals surface area contributed by atoms with Crippen LogP contribution < -0.4 is 5.32 Å². The molecule has 0 aliphatic rings. The Bertz CT molecular complexity index is 962. The summed E-state index contributed by atoms with van der Waals surface area (Å²) in [4.78, 5) is 24.7. The summed E-state index contributed by atoms with van der Waals surface area (Å²) >= 11 is 7.18. The fourth-order valence-electron chi connectivity index (χ4n) is 2.70. The van der Waals surface area contributed by atoms with Crippen LogP contribution in [0.15, 0.2) is 53.9 Å². The molecule has 0 radical (unpaired) electrons. The number of carboxylic acid groups (broad SMARTS) is 1. The van der Waals surface area contributed by atoms with Gasteiger partial charge in [0, 0.05) is 16.8 Å². The third-order valence-corrected chi connectivity index (χ3v) is 5.43. The number of hydrogen-bond acceptors (Lipinski definition) is 3. The average molecular weight is 400 g/mol. The molecule has 2 N–H and O–H groups in total. The molecule has 0 saturated heterocycles. The quantitative estimate of drug-likeness (QED) is 0.563. The second-order valence-corrected chi connectivity index (χ2v) is 7.52. The van der Waals surface area contributed by atoms with E-state index in [-0.39, 0.29) is 17.9 Å². The minimum Gasteiger partial charge on any atom is -0.478 e. The molecule has 1 heterocycles. The van der Waals surface area contributed by atoms with Crippen LogP contribution in [0.25, 0.3) is 10.4 Å². The molecule has 1 aromatic heterocycles. The highest BCUT2D eigenvalue weighted by atomic mass is 35.5. The van der Waals surface area contributed by atoms with Crippen molar-refractivity contribution in [2.45, 2.75) is 19.8 Å². The molecule has 0 aliphatic carbocycles. The van der Waals surface area contributed by atoms with Crippen LogP contribution in [0.3, 0.4) is 0 Å². The maximum Gasteiger partial charge on any atom is 0.339 e. The summed E-state index contributed by atoms with van der Waals surface area (Å²) in [6.45, 7) is 2.01. The van der Waals surface area contributed by atoms with Crippen molar-refractivity contribution in [2.24, 2.45) is 0 Å². The second kappa shape index (κ2) is 8.37. The summed E-state index contributed by atoms with van der Waals surface area (Å²) in [6, 6.07) is 15.0. The average Bonchev–Trinajstić information content (AvgIpc) is 3.05. The Morgan fingerprint density at radius 3 is 2.37 bits per heavy atom. The van der Waals surface area contributed by atoms with Gasteiger partial charge >= 0.3 is 5.97 Å². The van der Waals surface area contributed by atoms with Gasteiger partial charge in [-0.25, -0.2) is 4.79 Å². The molecule has 0 aliphatic heterocycles. The van der Waals surface area contributed by atoms with Crippen molar-refractivity contribution in [1.82, 2.24) is 0 Å². The van der Waals surface area contributed by atoms with Crippen LogP contribution in [0.2, 0.25) is 5.02 Å². The van der Waals surface area contributed by atoms with E-state index in [4.69, 9.17) is 11.6 Å². The fourth-order valence-corrected chi connectivity index (χ4v) is 3.83. The molecule has 6 heteroatoms. The Labute approximate surface area is 166 Å². The summed E-state index contributed by atoms with van der Waals surface area (Å²) in [5.41, 5.74) is 3.42. The Morgan fingerprint density at radius 1 is 1.07 bits per heavy atom. The lowest BCUT2D eigenvalue weighted by atomic mass is 10.1. The second-order valence-electron chi connectivity index (χ2n) is 6.20. The molecule has 0 atom stereocenters. The molecule has 3 rings (SSSR count). The first-order valence-corrected chi connectivity index (χ1v) is 9.66. The Morgan fingerprint density at radius 2 is 1.74 bits per heavy atom. The maximum atomic E-state index is 12.3. The molecule has 0 bridgehead atoms. The van der Waals surface area contributed by atoms with Gasteiger partial charge in [0.2, 0.25) is 5.91 Å². The first-order valence-electron chi connectivity index (χ1n) is 8.40. The van der Waals surface area contributed by atoms with Crippen molar-refractivity contribution in [3.63, 3.8) is 0 Å². The number of amides is 1. The van der Waals surface area contributed by atoms with Crippen molar-refractivity contribution in [3.8, 4) is 10.4 Å². The van der Waals surface area contributed by atoms with Crippen LogP contribution in [0.1, 0.15) is 27.9 Å². The van der Waals surface area contributed by atoms with Crippen LogP contribution in [0, 0.1) is 6.92 Å². The predicted octanol–water partition coefficient (Wildman–Crippen LogP) is 5.65. The van der Waals surface area contributed by atoms with E-state index < -0.39 is 5.97 Å². The zero-order valence-electron chi connectivity index (χ0n) is 14.7. The molecular formula is C21H18ClNO3S. The highest BCUT2D eigenvalue weighted by molar-refractivity contribution is 7.14. The number of aryl methyl sites for hydroxylation is 2. The number of carbonyl (C=O) groups is 2. The number of carboxylic acids is 1. The van der Waals surface area contributed by atoms with E-state index in [9.17, 15) is 14.7 Å². The van der Waals surface area contributed by atoms with Crippen LogP contribution in [-0.2, 0) is 11.2 Å². The number of halogens is 1. The standard InChI is InChI=1S/C21H18ClNO3S/c1-13-2-4-14(5-3-13)6-11-18(24)23-17-12-27-20(19(17)21(25)26)15-7-9-16(22)10-8-15/h2-5,7-10,12H,6,11H2,1H3,(H,23,24)(H,25,26). The first-order chi connectivity index (χ1) is 12.9. The molecule has 1 amide bonds. The minimum absolute atomic E-state index is 0.103. The summed E-state index contributed by atoms with van der Waals surface area (Å²) in [6.07, 6.45) is 0.886. The molecule has 138 valence electrons. The predicted molar refractivity (Wildman–Crippen MR) is 110 cm³/mol. The van der Waals surface area contributed by atoms with Gasteiger partial charge in [0.1, 0.15) is 5.56 Å². The van der Waals surface area contributed by atoms with Crippen LogP contribution in [-0.4, -0.2) is 17.0 Å². The molecule has 27 heavy (non-hydrogen) atoms. The van der Waals surface area contributed by atoms with Crippen molar-refractivity contribution in [3.05, 3.63) is 75.6 Å². The number of aromatic carboxylic acids is 1. The summed E-state index contributed by atoms with van der Waals surface area (Å²) in [5.74, 6) is -1.28. The highest BCUT2D eigenvalue weighted by Crippen LogP contribution is 2.36. The fraction of sp³-hybridized carbons (Fsp3) is 0.143. The molecule has 0 spiro atoms. The summed E-state index contributed by atoms with van der Waals surface area (Å²) < 4.78 is 0. The van der Waals surface area contributed by atoms with Gasteiger partial charge in [0.15, 0.2) is 0 Å². The lowest BCUT2D eigenvalue weighted by Gasteiger charge is -2.07. The van der Waals surface area contributed by atoms with E-state index in [1.807, 2.05) is 31.2 Å². The zero-order valence-corrected chi connectivity index (χ0v) is 16.2. The van der Waals surface area contributed by atoms with E-state index in [1.54, 1.807) is 29.6 Å². The molecule has 3 aromatic rings. The number of hydrogen-bond donors (Lipinski definition) is 2. The third kappa shape index (κ3) is 4.76. The van der Waals surface area contributed by atoms with Gasteiger partial charge in [-0.3, -0.25) is 4.79 Å². The van der Waals surface area contributed by atoms with E-state index in [1.165, 1.54) is 16.9 Å². The SMILES string of the molecule is Cc1ccc(CCC(=O)Nc2csc(-c3ccc(Cl)cc3)c2C(=O)O)cc1. The van der Waals surface area contributed by atoms with Gasteiger partial charge in [0.05, 0.1) is 10.6 Å². The normalized spacial score (nSPS) is 10.6. The zero-order chi connectivity index (χ0) is 19.4. The topological polar surface area (TPSA) is 66.4 Å². The first kappa shape index (κ1) is 19.1. The molecular weight excluding hydrogens is 382 g/mol. The Balaban J connectivity index is 1.74.